The third-order valence-electron chi connectivity index (χ3n) is 1.35. The molecule has 0 aliphatic rings. The maximum atomic E-state index is 11.8. The molecule has 0 unspecified atom stereocenters. The van der Waals surface area contributed by atoms with Gasteiger partial charge < -0.3 is 4.74 Å². The molecule has 0 aliphatic heterocycles. The van der Waals surface area contributed by atoms with Gasteiger partial charge in [0.05, 0.1) is 5.02 Å². The van der Waals surface area contributed by atoms with Gasteiger partial charge in [0.15, 0.2) is 0 Å². The van der Waals surface area contributed by atoms with E-state index in [0.29, 0.717) is 5.02 Å². The Labute approximate surface area is 84.0 Å². The van der Waals surface area contributed by atoms with Crippen LogP contribution in [0, 0.1) is 0 Å². The maximum absolute atomic E-state index is 11.8. The molecule has 72 valence electrons. The Morgan fingerprint density at radius 2 is 2.15 bits per heavy atom. The van der Waals surface area contributed by atoms with Gasteiger partial charge in [-0.3, -0.25) is 0 Å². The molecule has 1 aromatic rings. The highest BCUT2D eigenvalue weighted by atomic mass is 35.5. The number of alkyl halides is 2. The average Bonchev–Trinajstić information content (AvgIpc) is 2.03. The molecule has 0 heterocycles. The van der Waals surface area contributed by atoms with Crippen LogP contribution in [0.25, 0.3) is 0 Å². The zero-order valence-corrected chi connectivity index (χ0v) is 8.33. The first kappa shape index (κ1) is 10.6. The van der Waals surface area contributed by atoms with Crippen LogP contribution in [0.5, 0.6) is 5.75 Å². The molecule has 1 aromatic carbocycles. The highest BCUT2D eigenvalue weighted by Gasteiger charge is 2.06. The molecule has 1 rings (SSSR count). The minimum atomic E-state index is -2.81. The van der Waals surface area contributed by atoms with Crippen molar-refractivity contribution in [3.63, 3.8) is 0 Å². The molecule has 0 aromatic heterocycles. The van der Waals surface area contributed by atoms with E-state index in [1.165, 1.54) is 23.9 Å². The van der Waals surface area contributed by atoms with Crippen LogP contribution in [0.3, 0.4) is 0 Å². The van der Waals surface area contributed by atoms with Gasteiger partial charge in [0.2, 0.25) is 0 Å². The highest BCUT2D eigenvalue weighted by Crippen LogP contribution is 2.29. The van der Waals surface area contributed by atoms with E-state index < -0.39 is 6.61 Å². The van der Waals surface area contributed by atoms with Crippen LogP contribution >= 0.6 is 23.4 Å². The van der Waals surface area contributed by atoms with E-state index in [4.69, 9.17) is 11.6 Å². The van der Waals surface area contributed by atoms with Gasteiger partial charge in [-0.1, -0.05) is 11.6 Å². The lowest BCUT2D eigenvalue weighted by Crippen LogP contribution is -2.01. The molecule has 0 bridgehead atoms. The normalized spacial score (nSPS) is 10.5. The summed E-state index contributed by atoms with van der Waals surface area (Å²) in [5.41, 5.74) is 0. The van der Waals surface area contributed by atoms with E-state index in [9.17, 15) is 8.78 Å². The molecule has 1 nitrogen and oxygen atoms in total. The molecular weight excluding hydrogens is 218 g/mol. The first-order valence-electron chi connectivity index (χ1n) is 3.42. The van der Waals surface area contributed by atoms with E-state index in [2.05, 4.69) is 4.74 Å². The predicted molar refractivity (Wildman–Crippen MR) is 49.9 cm³/mol. The van der Waals surface area contributed by atoms with Crippen LogP contribution in [-0.4, -0.2) is 12.9 Å². The minimum Gasteiger partial charge on any atom is -0.435 e. The van der Waals surface area contributed by atoms with Crippen LogP contribution in [0.2, 0.25) is 5.02 Å². The Morgan fingerprint density at radius 1 is 1.46 bits per heavy atom. The second-order valence-corrected chi connectivity index (χ2v) is 3.43. The number of rotatable bonds is 3. The second kappa shape index (κ2) is 4.67. The molecule has 0 N–H and O–H groups in total. The van der Waals surface area contributed by atoms with Crippen LogP contribution in [0.15, 0.2) is 23.1 Å². The van der Waals surface area contributed by atoms with Crippen molar-refractivity contribution >= 4 is 23.4 Å². The fourth-order valence-electron chi connectivity index (χ4n) is 0.823. The maximum Gasteiger partial charge on any atom is 0.387 e. The number of thioether (sulfide) groups is 1. The van der Waals surface area contributed by atoms with Gasteiger partial charge in [0, 0.05) is 11.0 Å². The van der Waals surface area contributed by atoms with Crippen LogP contribution < -0.4 is 4.74 Å². The monoisotopic (exact) mass is 224 g/mol. The Bertz CT molecular complexity index is 293. The van der Waals surface area contributed by atoms with Gasteiger partial charge in [-0.05, 0) is 18.4 Å². The van der Waals surface area contributed by atoms with Crippen molar-refractivity contribution in [3.8, 4) is 5.75 Å². The number of hydrogen-bond acceptors (Lipinski definition) is 2. The Hall–Kier alpha value is -0.480. The predicted octanol–water partition coefficient (Wildman–Crippen LogP) is 3.66. The van der Waals surface area contributed by atoms with Crippen LogP contribution in [0.1, 0.15) is 0 Å². The minimum absolute atomic E-state index is 0.0813. The average molecular weight is 225 g/mol. The highest BCUT2D eigenvalue weighted by molar-refractivity contribution is 7.98. The van der Waals surface area contributed by atoms with Crippen molar-refractivity contribution in [1.29, 1.82) is 0 Å². The van der Waals surface area contributed by atoms with Crippen molar-refractivity contribution in [3.05, 3.63) is 23.2 Å². The van der Waals surface area contributed by atoms with Crippen molar-refractivity contribution in [1.82, 2.24) is 0 Å². The van der Waals surface area contributed by atoms with Crippen LogP contribution in [-0.2, 0) is 0 Å². The fourth-order valence-corrected chi connectivity index (χ4v) is 1.68. The number of benzene rings is 1. The number of hydrogen-bond donors (Lipinski definition) is 0. The quantitative estimate of drug-likeness (QED) is 0.725. The molecule has 0 spiro atoms. The topological polar surface area (TPSA) is 9.23 Å². The summed E-state index contributed by atoms with van der Waals surface area (Å²) in [5, 5.41) is 0.422. The zero-order chi connectivity index (χ0) is 9.84. The summed E-state index contributed by atoms with van der Waals surface area (Å²) < 4.78 is 27.7. The van der Waals surface area contributed by atoms with E-state index in [-0.39, 0.29) is 5.75 Å². The third-order valence-corrected chi connectivity index (χ3v) is 2.57. The lowest BCUT2D eigenvalue weighted by molar-refractivity contribution is -0.0498. The first-order chi connectivity index (χ1) is 6.13. The molecule has 0 saturated heterocycles. The number of halogens is 3. The largest absolute Gasteiger partial charge is 0.435 e. The molecule has 0 saturated carbocycles. The Morgan fingerprint density at radius 3 is 2.62 bits per heavy atom. The standard InChI is InChI=1S/C8H7ClF2OS/c1-13-7-3-2-5(4-6(7)9)12-8(10)11/h2-4,8H,1H3. The molecule has 0 amide bonds. The fraction of sp³-hybridized carbons (Fsp3) is 0.250. The summed E-state index contributed by atoms with van der Waals surface area (Å²) in [6.07, 6.45) is 1.86. The third kappa shape index (κ3) is 3.04. The van der Waals surface area contributed by atoms with E-state index in [1.807, 2.05) is 6.26 Å². The lowest BCUT2D eigenvalue weighted by Gasteiger charge is -2.06. The van der Waals surface area contributed by atoms with Gasteiger partial charge in [0.25, 0.3) is 0 Å². The molecule has 5 heteroatoms. The second-order valence-electron chi connectivity index (χ2n) is 2.17. The van der Waals surface area contributed by atoms with Gasteiger partial charge in [-0.15, -0.1) is 11.8 Å². The van der Waals surface area contributed by atoms with E-state index in [1.54, 1.807) is 6.07 Å². The zero-order valence-electron chi connectivity index (χ0n) is 6.76. The van der Waals surface area contributed by atoms with E-state index in [0.717, 1.165) is 4.90 Å². The van der Waals surface area contributed by atoms with Crippen molar-refractivity contribution < 1.29 is 13.5 Å². The smallest absolute Gasteiger partial charge is 0.387 e. The van der Waals surface area contributed by atoms with Gasteiger partial charge >= 0.3 is 6.61 Å². The van der Waals surface area contributed by atoms with E-state index >= 15 is 0 Å². The van der Waals surface area contributed by atoms with Gasteiger partial charge in [-0.25, -0.2) is 0 Å². The van der Waals surface area contributed by atoms with Gasteiger partial charge in [-0.2, -0.15) is 8.78 Å². The molecule has 0 aliphatic carbocycles. The Balaban J connectivity index is 2.83. The summed E-state index contributed by atoms with van der Waals surface area (Å²) in [7, 11) is 0. The molecule has 13 heavy (non-hydrogen) atoms. The summed E-state index contributed by atoms with van der Waals surface area (Å²) in [6, 6.07) is 4.48. The lowest BCUT2D eigenvalue weighted by atomic mass is 10.3. The SMILES string of the molecule is CSc1ccc(OC(F)F)cc1Cl. The first-order valence-corrected chi connectivity index (χ1v) is 5.02. The summed E-state index contributed by atoms with van der Waals surface area (Å²) in [6.45, 7) is -2.81. The number of ether oxygens (including phenoxy) is 1. The van der Waals surface area contributed by atoms with Crippen molar-refractivity contribution in [2.24, 2.45) is 0 Å². The molecule has 0 radical (unpaired) electrons. The summed E-state index contributed by atoms with van der Waals surface area (Å²) in [5.74, 6) is 0.0813. The molecular formula is C8H7ClF2OS. The molecule has 0 fully saturated rings. The van der Waals surface area contributed by atoms with Crippen molar-refractivity contribution in [2.45, 2.75) is 11.5 Å². The molecule has 0 atom stereocenters. The summed E-state index contributed by atoms with van der Waals surface area (Å²) in [4.78, 5) is 0.836. The Kier molecular flexibility index (Phi) is 3.81. The van der Waals surface area contributed by atoms with Gasteiger partial charge in [0.1, 0.15) is 5.75 Å². The summed E-state index contributed by atoms with van der Waals surface area (Å²) >= 11 is 7.22. The van der Waals surface area contributed by atoms with Crippen LogP contribution in [0.4, 0.5) is 8.78 Å². The van der Waals surface area contributed by atoms with Crippen molar-refractivity contribution in [2.75, 3.05) is 6.26 Å².